The van der Waals surface area contributed by atoms with E-state index in [1.807, 2.05) is 36.6 Å². The van der Waals surface area contributed by atoms with Crippen LogP contribution in [0.5, 0.6) is 11.5 Å². The van der Waals surface area contributed by atoms with Gasteiger partial charge in [-0.3, -0.25) is 4.79 Å². The molecule has 0 spiro atoms. The Morgan fingerprint density at radius 3 is 2.92 bits per heavy atom. The van der Waals surface area contributed by atoms with Crippen LogP contribution in [0.25, 0.3) is 0 Å². The topological polar surface area (TPSA) is 62.1 Å². The van der Waals surface area contributed by atoms with E-state index in [-0.39, 0.29) is 17.7 Å². The number of amides is 1. The minimum Gasteiger partial charge on any atom is -0.504 e. The molecule has 1 amide bonds. The molecule has 2 aromatic rings. The van der Waals surface area contributed by atoms with Crippen LogP contribution >= 0.6 is 11.3 Å². The zero-order valence-electron chi connectivity index (χ0n) is 13.7. The monoisotopic (exact) mass is 344 g/mol. The SMILES string of the molecule is CCCC(=O)N1N=C(c2cccs2)CC1c1cccc(OC)c1O. The number of carbonyl (C=O) groups excluding carboxylic acids is 1. The van der Waals surface area contributed by atoms with Gasteiger partial charge in [0.1, 0.15) is 0 Å². The summed E-state index contributed by atoms with van der Waals surface area (Å²) in [5.74, 6) is 0.443. The second-order valence-corrected chi connectivity index (χ2v) is 6.58. The number of para-hydroxylation sites is 1. The lowest BCUT2D eigenvalue weighted by molar-refractivity contribution is -0.133. The third kappa shape index (κ3) is 3.01. The fourth-order valence-corrected chi connectivity index (χ4v) is 3.60. The third-order valence-corrected chi connectivity index (χ3v) is 4.96. The molecule has 2 heterocycles. The minimum atomic E-state index is -0.309. The van der Waals surface area contributed by atoms with E-state index in [1.165, 1.54) is 12.1 Å². The molecule has 1 aromatic carbocycles. The van der Waals surface area contributed by atoms with E-state index in [9.17, 15) is 9.90 Å². The summed E-state index contributed by atoms with van der Waals surface area (Å²) in [4.78, 5) is 13.6. The van der Waals surface area contributed by atoms with Crippen LogP contribution < -0.4 is 4.74 Å². The second kappa shape index (κ2) is 7.05. The van der Waals surface area contributed by atoms with Crippen molar-refractivity contribution in [2.24, 2.45) is 5.10 Å². The molecule has 1 aliphatic rings. The Balaban J connectivity index is 1.98. The largest absolute Gasteiger partial charge is 0.504 e. The maximum atomic E-state index is 12.5. The molecule has 0 aliphatic carbocycles. The van der Waals surface area contributed by atoms with Crippen molar-refractivity contribution in [3.05, 3.63) is 46.2 Å². The van der Waals surface area contributed by atoms with E-state index >= 15 is 0 Å². The Kier molecular flexibility index (Phi) is 4.85. The van der Waals surface area contributed by atoms with Gasteiger partial charge in [-0.25, -0.2) is 5.01 Å². The van der Waals surface area contributed by atoms with Gasteiger partial charge in [0.15, 0.2) is 11.5 Å². The van der Waals surface area contributed by atoms with Gasteiger partial charge in [-0.1, -0.05) is 25.1 Å². The molecule has 5 nitrogen and oxygen atoms in total. The van der Waals surface area contributed by atoms with E-state index in [0.717, 1.165) is 17.0 Å². The normalized spacial score (nSPS) is 17.0. The van der Waals surface area contributed by atoms with Crippen LogP contribution in [-0.4, -0.2) is 28.8 Å². The van der Waals surface area contributed by atoms with Crippen LogP contribution in [0.1, 0.15) is 42.7 Å². The van der Waals surface area contributed by atoms with E-state index in [2.05, 4.69) is 5.10 Å². The van der Waals surface area contributed by atoms with Crippen LogP contribution in [0, 0.1) is 0 Å². The summed E-state index contributed by atoms with van der Waals surface area (Å²) in [7, 11) is 1.51. The number of hydrazone groups is 1. The highest BCUT2D eigenvalue weighted by Gasteiger charge is 2.35. The molecule has 1 aliphatic heterocycles. The number of thiophene rings is 1. The molecule has 1 aromatic heterocycles. The van der Waals surface area contributed by atoms with E-state index < -0.39 is 0 Å². The average molecular weight is 344 g/mol. The molecular formula is C18H20N2O3S. The van der Waals surface area contributed by atoms with Gasteiger partial charge in [0.25, 0.3) is 0 Å². The lowest BCUT2D eigenvalue weighted by Crippen LogP contribution is -2.26. The predicted molar refractivity (Wildman–Crippen MR) is 94.6 cm³/mol. The summed E-state index contributed by atoms with van der Waals surface area (Å²) >= 11 is 1.60. The fourth-order valence-electron chi connectivity index (χ4n) is 2.88. The summed E-state index contributed by atoms with van der Waals surface area (Å²) in [6, 6.07) is 9.00. The van der Waals surface area contributed by atoms with Crippen molar-refractivity contribution >= 4 is 23.0 Å². The van der Waals surface area contributed by atoms with Gasteiger partial charge >= 0.3 is 0 Å². The number of phenols is 1. The quantitative estimate of drug-likeness (QED) is 0.893. The van der Waals surface area contributed by atoms with Gasteiger partial charge in [0, 0.05) is 18.4 Å². The molecule has 1 unspecified atom stereocenters. The summed E-state index contributed by atoms with van der Waals surface area (Å²) in [6.07, 6.45) is 1.77. The number of hydrogen-bond acceptors (Lipinski definition) is 5. The van der Waals surface area contributed by atoms with Crippen molar-refractivity contribution in [2.45, 2.75) is 32.2 Å². The van der Waals surface area contributed by atoms with Gasteiger partial charge in [-0.05, 0) is 23.9 Å². The van der Waals surface area contributed by atoms with Gasteiger partial charge < -0.3 is 9.84 Å². The van der Waals surface area contributed by atoms with Crippen LogP contribution in [0.2, 0.25) is 0 Å². The highest BCUT2D eigenvalue weighted by atomic mass is 32.1. The Labute approximate surface area is 145 Å². The van der Waals surface area contributed by atoms with Gasteiger partial charge in [-0.2, -0.15) is 5.10 Å². The average Bonchev–Trinajstić information content (AvgIpc) is 3.24. The number of hydrogen-bond donors (Lipinski definition) is 1. The molecule has 1 atom stereocenters. The Morgan fingerprint density at radius 2 is 2.25 bits per heavy atom. The molecule has 3 rings (SSSR count). The van der Waals surface area contributed by atoms with Gasteiger partial charge in [0.05, 0.1) is 23.7 Å². The zero-order chi connectivity index (χ0) is 17.1. The number of ether oxygens (including phenoxy) is 1. The molecule has 0 saturated carbocycles. The standard InChI is InChI=1S/C18H20N2O3S/c1-3-6-17(21)20-14(11-13(19-20)16-9-5-10-24-16)12-7-4-8-15(23-2)18(12)22/h4-5,7-10,14,22H,3,6,11H2,1-2H3. The summed E-state index contributed by atoms with van der Waals surface area (Å²) in [5.41, 5.74) is 1.54. The molecule has 0 fully saturated rings. The Morgan fingerprint density at radius 1 is 1.42 bits per heavy atom. The van der Waals surface area contributed by atoms with Crippen molar-refractivity contribution in [3.8, 4) is 11.5 Å². The number of aromatic hydroxyl groups is 1. The molecule has 1 N–H and O–H groups in total. The first kappa shape index (κ1) is 16.5. The maximum absolute atomic E-state index is 12.5. The first-order valence-corrected chi connectivity index (χ1v) is 8.83. The Hall–Kier alpha value is -2.34. The minimum absolute atomic E-state index is 0.0312. The third-order valence-electron chi connectivity index (χ3n) is 4.04. The first-order valence-electron chi connectivity index (χ1n) is 7.95. The van der Waals surface area contributed by atoms with Gasteiger partial charge in [-0.15, -0.1) is 11.3 Å². The van der Waals surface area contributed by atoms with E-state index in [4.69, 9.17) is 4.74 Å². The lowest BCUT2D eigenvalue weighted by atomic mass is 9.99. The predicted octanol–water partition coefficient (Wildman–Crippen LogP) is 3.94. The highest BCUT2D eigenvalue weighted by molar-refractivity contribution is 7.12. The van der Waals surface area contributed by atoms with Crippen LogP contribution in [-0.2, 0) is 4.79 Å². The Bertz CT molecular complexity index is 756. The van der Waals surface area contributed by atoms with E-state index in [1.54, 1.807) is 17.4 Å². The first-order chi connectivity index (χ1) is 11.7. The number of rotatable bonds is 5. The molecule has 0 saturated heterocycles. The van der Waals surface area contributed by atoms with Crippen molar-refractivity contribution in [2.75, 3.05) is 7.11 Å². The van der Waals surface area contributed by atoms with Crippen molar-refractivity contribution in [1.29, 1.82) is 0 Å². The number of nitrogens with zero attached hydrogens (tertiary/aromatic N) is 2. The van der Waals surface area contributed by atoms with Crippen LogP contribution in [0.3, 0.4) is 0 Å². The molecule has 6 heteroatoms. The molecule has 0 bridgehead atoms. The van der Waals surface area contributed by atoms with Crippen LogP contribution in [0.4, 0.5) is 0 Å². The van der Waals surface area contributed by atoms with Crippen molar-refractivity contribution < 1.29 is 14.6 Å². The molecule has 126 valence electrons. The number of carbonyl (C=O) groups is 1. The maximum Gasteiger partial charge on any atom is 0.243 e. The van der Waals surface area contributed by atoms with Crippen LogP contribution in [0.15, 0.2) is 40.8 Å². The number of benzene rings is 1. The summed E-state index contributed by atoms with van der Waals surface area (Å²) < 4.78 is 5.20. The smallest absolute Gasteiger partial charge is 0.243 e. The summed E-state index contributed by atoms with van der Waals surface area (Å²) in [5, 5.41) is 18.6. The number of phenolic OH excluding ortho intramolecular Hbond substituents is 1. The van der Waals surface area contributed by atoms with Crippen molar-refractivity contribution in [1.82, 2.24) is 5.01 Å². The van der Waals surface area contributed by atoms with Gasteiger partial charge in [0.2, 0.25) is 5.91 Å². The fraction of sp³-hybridized carbons (Fsp3) is 0.333. The summed E-state index contributed by atoms with van der Waals surface area (Å²) in [6.45, 7) is 1.97. The van der Waals surface area contributed by atoms with Crippen molar-refractivity contribution in [3.63, 3.8) is 0 Å². The number of methoxy groups -OCH3 is 1. The second-order valence-electron chi connectivity index (χ2n) is 5.63. The van der Waals surface area contributed by atoms with E-state index in [0.29, 0.717) is 24.2 Å². The molecular weight excluding hydrogens is 324 g/mol. The molecule has 0 radical (unpaired) electrons. The highest BCUT2D eigenvalue weighted by Crippen LogP contribution is 2.41. The molecule has 24 heavy (non-hydrogen) atoms. The lowest BCUT2D eigenvalue weighted by Gasteiger charge is -2.23. The zero-order valence-corrected chi connectivity index (χ0v) is 14.5.